The quantitative estimate of drug-likeness (QED) is 0.806. The summed E-state index contributed by atoms with van der Waals surface area (Å²) in [5, 5.41) is 13.5. The number of rotatable bonds is 3. The molecule has 8 heteroatoms. The lowest BCUT2D eigenvalue weighted by molar-refractivity contribution is 0.0697. The van der Waals surface area contributed by atoms with Gasteiger partial charge in [-0.15, -0.1) is 0 Å². The number of nitrogens with zero attached hydrogens (tertiary/aromatic N) is 2. The number of benzene rings is 1. The molecular weight excluding hydrogens is 294 g/mol. The van der Waals surface area contributed by atoms with Gasteiger partial charge in [-0.25, -0.2) is 19.0 Å². The third kappa shape index (κ3) is 2.33. The molecule has 1 aliphatic rings. The van der Waals surface area contributed by atoms with Crippen molar-refractivity contribution in [1.29, 1.82) is 0 Å². The number of fused-ring (bicyclic) bond motifs is 1. The summed E-state index contributed by atoms with van der Waals surface area (Å²) in [7, 11) is 1.59. The van der Waals surface area contributed by atoms with E-state index >= 15 is 0 Å². The van der Waals surface area contributed by atoms with Crippen LogP contribution in [0.15, 0.2) is 30.6 Å². The van der Waals surface area contributed by atoms with Crippen molar-refractivity contribution in [2.24, 2.45) is 0 Å². The van der Waals surface area contributed by atoms with E-state index in [-0.39, 0.29) is 16.9 Å². The van der Waals surface area contributed by atoms with Crippen LogP contribution in [0.3, 0.4) is 0 Å². The summed E-state index contributed by atoms with van der Waals surface area (Å²) in [4.78, 5) is 15.1. The molecular formula is C14H12F2N4O2. The van der Waals surface area contributed by atoms with E-state index in [0.717, 1.165) is 6.07 Å². The molecule has 1 atom stereocenters. The summed E-state index contributed by atoms with van der Waals surface area (Å²) in [6.07, 6.45) is 2.03. The van der Waals surface area contributed by atoms with Gasteiger partial charge < -0.3 is 15.4 Å². The summed E-state index contributed by atoms with van der Waals surface area (Å²) >= 11 is 0. The van der Waals surface area contributed by atoms with Gasteiger partial charge in [-0.2, -0.15) is 0 Å². The number of carboxylic acid groups (broad SMARTS) is 1. The molecule has 0 amide bonds. The predicted octanol–water partition coefficient (Wildman–Crippen LogP) is 2.12. The number of pyridine rings is 1. The summed E-state index contributed by atoms with van der Waals surface area (Å²) in [6, 6.07) is 3.34. The van der Waals surface area contributed by atoms with Gasteiger partial charge in [-0.1, -0.05) is 0 Å². The number of aromatic carboxylic acids is 1. The first kappa shape index (κ1) is 14.2. The fraction of sp³-hybridized carbons (Fsp3) is 0.143. The number of carbonyl (C=O) groups is 1. The highest BCUT2D eigenvalue weighted by Gasteiger charge is 2.30. The Morgan fingerprint density at radius 1 is 1.45 bits per heavy atom. The van der Waals surface area contributed by atoms with E-state index in [1.807, 2.05) is 0 Å². The Kier molecular flexibility index (Phi) is 3.38. The van der Waals surface area contributed by atoms with Crippen molar-refractivity contribution in [2.75, 3.05) is 17.4 Å². The van der Waals surface area contributed by atoms with Gasteiger partial charge in [0.15, 0.2) is 5.82 Å². The summed E-state index contributed by atoms with van der Waals surface area (Å²) in [6.45, 7) is 0. The first-order chi connectivity index (χ1) is 10.5. The van der Waals surface area contributed by atoms with Crippen LogP contribution in [0.25, 0.3) is 0 Å². The Labute approximate surface area is 124 Å². The molecule has 1 aromatic heterocycles. The highest BCUT2D eigenvalue weighted by atomic mass is 19.1. The number of hydrogen-bond acceptors (Lipinski definition) is 5. The zero-order valence-electron chi connectivity index (χ0n) is 11.5. The summed E-state index contributed by atoms with van der Waals surface area (Å²) < 4.78 is 27.3. The molecule has 0 saturated carbocycles. The maximum atomic E-state index is 13.9. The number of aromatic nitrogens is 1. The third-order valence-corrected chi connectivity index (χ3v) is 3.38. The molecule has 22 heavy (non-hydrogen) atoms. The van der Waals surface area contributed by atoms with Crippen molar-refractivity contribution in [2.45, 2.75) is 6.17 Å². The van der Waals surface area contributed by atoms with Crippen LogP contribution in [-0.4, -0.2) is 23.1 Å². The monoisotopic (exact) mass is 306 g/mol. The maximum Gasteiger partial charge on any atom is 0.337 e. The number of carboxylic acids is 1. The fourth-order valence-electron chi connectivity index (χ4n) is 2.45. The van der Waals surface area contributed by atoms with Crippen LogP contribution in [-0.2, 0) is 0 Å². The van der Waals surface area contributed by atoms with Gasteiger partial charge in [0.25, 0.3) is 0 Å². The topological polar surface area (TPSA) is 77.5 Å². The molecule has 0 radical (unpaired) electrons. The van der Waals surface area contributed by atoms with E-state index in [1.165, 1.54) is 29.5 Å². The normalized spacial score (nSPS) is 16.5. The molecule has 2 heterocycles. The summed E-state index contributed by atoms with van der Waals surface area (Å²) in [5.74, 6) is -2.52. The van der Waals surface area contributed by atoms with Gasteiger partial charge >= 0.3 is 5.97 Å². The van der Waals surface area contributed by atoms with Gasteiger partial charge in [0, 0.05) is 24.9 Å². The van der Waals surface area contributed by atoms with E-state index in [0.29, 0.717) is 5.56 Å². The lowest BCUT2D eigenvalue weighted by Crippen LogP contribution is -2.34. The van der Waals surface area contributed by atoms with Crippen LogP contribution in [0.4, 0.5) is 20.2 Å². The Morgan fingerprint density at radius 2 is 2.23 bits per heavy atom. The van der Waals surface area contributed by atoms with Gasteiger partial charge in [-0.05, 0) is 12.1 Å². The molecule has 0 spiro atoms. The number of hydrogen-bond donors (Lipinski definition) is 3. The van der Waals surface area contributed by atoms with E-state index in [2.05, 4.69) is 15.7 Å². The van der Waals surface area contributed by atoms with Crippen molar-refractivity contribution in [1.82, 2.24) is 10.4 Å². The molecule has 1 unspecified atom stereocenters. The maximum absolute atomic E-state index is 13.9. The molecule has 6 nitrogen and oxygen atoms in total. The molecule has 0 fully saturated rings. The molecule has 1 aromatic carbocycles. The predicted molar refractivity (Wildman–Crippen MR) is 75.5 cm³/mol. The lowest BCUT2D eigenvalue weighted by Gasteiger charge is -2.18. The summed E-state index contributed by atoms with van der Waals surface area (Å²) in [5.41, 5.74) is 3.72. The largest absolute Gasteiger partial charge is 0.478 e. The van der Waals surface area contributed by atoms with Crippen molar-refractivity contribution >= 4 is 17.3 Å². The van der Waals surface area contributed by atoms with Crippen LogP contribution in [0, 0.1) is 11.6 Å². The second-order valence-corrected chi connectivity index (χ2v) is 4.82. The molecule has 0 saturated heterocycles. The van der Waals surface area contributed by atoms with E-state index < -0.39 is 23.8 Å². The third-order valence-electron chi connectivity index (χ3n) is 3.38. The Morgan fingerprint density at radius 3 is 2.95 bits per heavy atom. The van der Waals surface area contributed by atoms with Crippen molar-refractivity contribution in [3.63, 3.8) is 0 Å². The van der Waals surface area contributed by atoms with Crippen molar-refractivity contribution in [3.05, 3.63) is 53.4 Å². The van der Waals surface area contributed by atoms with Gasteiger partial charge in [0.2, 0.25) is 0 Å². The van der Waals surface area contributed by atoms with E-state index in [4.69, 9.17) is 5.11 Å². The Hall–Kier alpha value is -2.74. The van der Waals surface area contributed by atoms with Gasteiger partial charge in [0.05, 0.1) is 23.1 Å². The first-order valence-corrected chi connectivity index (χ1v) is 6.40. The minimum absolute atomic E-state index is 0.0183. The second kappa shape index (κ2) is 5.23. The average Bonchev–Trinajstić information content (AvgIpc) is 2.75. The average molecular weight is 306 g/mol. The molecule has 3 N–H and O–H groups in total. The van der Waals surface area contributed by atoms with Crippen LogP contribution in [0.1, 0.15) is 22.1 Å². The highest BCUT2D eigenvalue weighted by molar-refractivity contribution is 5.94. The minimum Gasteiger partial charge on any atom is -0.478 e. The zero-order valence-corrected chi connectivity index (χ0v) is 11.5. The number of anilines is 2. The van der Waals surface area contributed by atoms with E-state index in [9.17, 15) is 13.6 Å². The fourth-order valence-corrected chi connectivity index (χ4v) is 2.45. The zero-order chi connectivity index (χ0) is 15.9. The van der Waals surface area contributed by atoms with E-state index in [1.54, 1.807) is 7.05 Å². The molecule has 0 aliphatic carbocycles. The molecule has 3 rings (SSSR count). The number of hydrazine groups is 1. The minimum atomic E-state index is -1.12. The standard InChI is InChI=1S/C14H12F2N4O2/c1-20-12-9(4-7(15)5-10(12)16)13(19-20)18-11-6-17-3-2-8(11)14(21)22/h2-6,13,18-19H,1H3,(H,21,22). The van der Waals surface area contributed by atoms with Gasteiger partial charge in [0.1, 0.15) is 12.0 Å². The van der Waals surface area contributed by atoms with Crippen LogP contribution < -0.4 is 15.8 Å². The lowest BCUT2D eigenvalue weighted by atomic mass is 10.1. The van der Waals surface area contributed by atoms with Crippen molar-refractivity contribution in [3.8, 4) is 0 Å². The van der Waals surface area contributed by atoms with Crippen LogP contribution >= 0.6 is 0 Å². The van der Waals surface area contributed by atoms with Crippen molar-refractivity contribution < 1.29 is 18.7 Å². The molecule has 0 bridgehead atoms. The Bertz CT molecular complexity index is 754. The number of nitrogens with one attached hydrogen (secondary N) is 2. The second-order valence-electron chi connectivity index (χ2n) is 4.82. The smallest absolute Gasteiger partial charge is 0.337 e. The molecule has 2 aromatic rings. The SMILES string of the molecule is CN1NC(Nc2cnccc2C(=O)O)c2cc(F)cc(F)c21. The van der Waals surface area contributed by atoms with Gasteiger partial charge in [-0.3, -0.25) is 4.98 Å². The molecule has 114 valence electrons. The first-order valence-electron chi connectivity index (χ1n) is 6.40. The van der Waals surface area contributed by atoms with Crippen LogP contribution in [0.2, 0.25) is 0 Å². The van der Waals surface area contributed by atoms with Crippen LogP contribution in [0.5, 0.6) is 0 Å². The Balaban J connectivity index is 1.99. The highest BCUT2D eigenvalue weighted by Crippen LogP contribution is 2.35. The number of halogens is 2. The molecule has 1 aliphatic heterocycles.